The highest BCUT2D eigenvalue weighted by Crippen LogP contribution is 2.30. The zero-order chi connectivity index (χ0) is 14.5. The highest BCUT2D eigenvalue weighted by Gasteiger charge is 2.30. The molecule has 2 N–H and O–H groups in total. The van der Waals surface area contributed by atoms with Crippen LogP contribution in [0.2, 0.25) is 0 Å². The molecule has 0 bridgehead atoms. The Balaban J connectivity index is 2.69. The second-order valence-electron chi connectivity index (χ2n) is 4.24. The molecule has 1 amide bonds. The summed E-state index contributed by atoms with van der Waals surface area (Å²) < 4.78 is 37.5. The van der Waals surface area contributed by atoms with Crippen molar-refractivity contribution >= 4 is 11.6 Å². The Morgan fingerprint density at radius 2 is 2.05 bits per heavy atom. The number of amides is 1. The number of anilines is 1. The minimum absolute atomic E-state index is 0.143. The molecule has 0 saturated carbocycles. The Kier molecular flexibility index (Phi) is 5.35. The van der Waals surface area contributed by atoms with Crippen LogP contribution in [0, 0.1) is 0 Å². The van der Waals surface area contributed by atoms with E-state index in [2.05, 4.69) is 10.6 Å². The second-order valence-corrected chi connectivity index (χ2v) is 4.24. The summed E-state index contributed by atoms with van der Waals surface area (Å²) in [4.78, 5) is 11.7. The molecule has 19 heavy (non-hydrogen) atoms. The zero-order valence-electron chi connectivity index (χ0n) is 10.8. The van der Waals surface area contributed by atoms with Gasteiger partial charge in [-0.15, -0.1) is 0 Å². The average Bonchev–Trinajstić information content (AvgIpc) is 2.35. The monoisotopic (exact) mass is 274 g/mol. The molecule has 0 aromatic heterocycles. The molecule has 0 spiro atoms. The van der Waals surface area contributed by atoms with E-state index < -0.39 is 17.8 Å². The highest BCUT2D eigenvalue weighted by molar-refractivity contribution is 5.94. The number of carbonyl (C=O) groups is 1. The molecule has 0 aliphatic carbocycles. The van der Waals surface area contributed by atoms with E-state index in [1.807, 2.05) is 6.92 Å². The Morgan fingerprint density at radius 1 is 1.37 bits per heavy atom. The largest absolute Gasteiger partial charge is 0.416 e. The van der Waals surface area contributed by atoms with Gasteiger partial charge in [-0.1, -0.05) is 13.0 Å². The van der Waals surface area contributed by atoms with Crippen molar-refractivity contribution < 1.29 is 18.0 Å². The van der Waals surface area contributed by atoms with Gasteiger partial charge in [0.1, 0.15) is 0 Å². The summed E-state index contributed by atoms with van der Waals surface area (Å²) in [6, 6.07) is 4.13. The second kappa shape index (κ2) is 6.56. The molecule has 6 heteroatoms. The SMILES string of the molecule is CCCNC(C)C(=O)Nc1cccc(C(F)(F)F)c1. The Morgan fingerprint density at radius 3 is 2.63 bits per heavy atom. The number of alkyl halides is 3. The van der Waals surface area contributed by atoms with Crippen LogP contribution in [0.4, 0.5) is 18.9 Å². The van der Waals surface area contributed by atoms with Crippen molar-refractivity contribution in [3.05, 3.63) is 29.8 Å². The van der Waals surface area contributed by atoms with Crippen molar-refractivity contribution in [1.82, 2.24) is 5.32 Å². The van der Waals surface area contributed by atoms with E-state index in [0.29, 0.717) is 6.54 Å². The molecule has 0 heterocycles. The summed E-state index contributed by atoms with van der Waals surface area (Å²) in [6.07, 6.45) is -3.53. The normalized spacial score (nSPS) is 13.1. The predicted molar refractivity (Wildman–Crippen MR) is 67.8 cm³/mol. The van der Waals surface area contributed by atoms with Crippen molar-refractivity contribution in [2.75, 3.05) is 11.9 Å². The zero-order valence-corrected chi connectivity index (χ0v) is 10.8. The Labute approximate surface area is 110 Å². The van der Waals surface area contributed by atoms with Gasteiger partial charge in [0.05, 0.1) is 11.6 Å². The van der Waals surface area contributed by atoms with Gasteiger partial charge in [-0.05, 0) is 38.1 Å². The molecule has 3 nitrogen and oxygen atoms in total. The summed E-state index contributed by atoms with van der Waals surface area (Å²) in [5.74, 6) is -0.354. The van der Waals surface area contributed by atoms with Gasteiger partial charge in [0, 0.05) is 5.69 Å². The van der Waals surface area contributed by atoms with E-state index in [1.165, 1.54) is 12.1 Å². The summed E-state index contributed by atoms with van der Waals surface area (Å²) in [5, 5.41) is 5.42. The molecular weight excluding hydrogens is 257 g/mol. The lowest BCUT2D eigenvalue weighted by Crippen LogP contribution is -2.38. The lowest BCUT2D eigenvalue weighted by atomic mass is 10.2. The molecule has 1 rings (SSSR count). The number of carbonyl (C=O) groups excluding carboxylic acids is 1. The van der Waals surface area contributed by atoms with Crippen LogP contribution in [0.15, 0.2) is 24.3 Å². The van der Waals surface area contributed by atoms with Crippen molar-refractivity contribution in [2.24, 2.45) is 0 Å². The summed E-state index contributed by atoms with van der Waals surface area (Å²) in [5.41, 5.74) is -0.635. The quantitative estimate of drug-likeness (QED) is 0.866. The van der Waals surface area contributed by atoms with Gasteiger partial charge in [0.25, 0.3) is 0 Å². The maximum Gasteiger partial charge on any atom is 0.416 e. The van der Waals surface area contributed by atoms with Gasteiger partial charge in [-0.2, -0.15) is 13.2 Å². The van der Waals surface area contributed by atoms with Crippen LogP contribution in [0.5, 0.6) is 0 Å². The lowest BCUT2D eigenvalue weighted by molar-refractivity contribution is -0.137. The third kappa shape index (κ3) is 4.90. The molecule has 0 saturated heterocycles. The van der Waals surface area contributed by atoms with E-state index in [0.717, 1.165) is 18.6 Å². The fourth-order valence-corrected chi connectivity index (χ4v) is 1.48. The smallest absolute Gasteiger partial charge is 0.325 e. The van der Waals surface area contributed by atoms with Gasteiger partial charge in [-0.3, -0.25) is 4.79 Å². The molecule has 0 aliphatic rings. The van der Waals surface area contributed by atoms with Gasteiger partial charge < -0.3 is 10.6 Å². The molecule has 0 radical (unpaired) electrons. The molecule has 0 aliphatic heterocycles. The van der Waals surface area contributed by atoms with Gasteiger partial charge >= 0.3 is 6.18 Å². The van der Waals surface area contributed by atoms with Crippen molar-refractivity contribution in [1.29, 1.82) is 0 Å². The van der Waals surface area contributed by atoms with E-state index >= 15 is 0 Å². The first kappa shape index (κ1) is 15.5. The Bertz CT molecular complexity index is 432. The summed E-state index contributed by atoms with van der Waals surface area (Å²) in [6.45, 7) is 4.31. The van der Waals surface area contributed by atoms with E-state index in [4.69, 9.17) is 0 Å². The van der Waals surface area contributed by atoms with Crippen molar-refractivity contribution in [2.45, 2.75) is 32.5 Å². The molecule has 1 atom stereocenters. The lowest BCUT2D eigenvalue weighted by Gasteiger charge is -2.14. The van der Waals surface area contributed by atoms with Gasteiger partial charge in [0.15, 0.2) is 0 Å². The number of hydrogen-bond donors (Lipinski definition) is 2. The number of benzene rings is 1. The third-order valence-corrected chi connectivity index (χ3v) is 2.55. The van der Waals surface area contributed by atoms with Crippen LogP contribution in [0.1, 0.15) is 25.8 Å². The summed E-state index contributed by atoms with van der Waals surface area (Å²) in [7, 11) is 0. The number of halogens is 3. The van der Waals surface area contributed by atoms with Crippen LogP contribution in [-0.2, 0) is 11.0 Å². The van der Waals surface area contributed by atoms with E-state index in [1.54, 1.807) is 6.92 Å². The first-order valence-electron chi connectivity index (χ1n) is 6.06. The average molecular weight is 274 g/mol. The molecule has 106 valence electrons. The van der Waals surface area contributed by atoms with Crippen LogP contribution in [0.25, 0.3) is 0 Å². The maximum atomic E-state index is 12.5. The molecule has 0 fully saturated rings. The maximum absolute atomic E-state index is 12.5. The minimum Gasteiger partial charge on any atom is -0.325 e. The predicted octanol–water partition coefficient (Wildman–Crippen LogP) is 3.03. The van der Waals surface area contributed by atoms with Crippen LogP contribution >= 0.6 is 0 Å². The first-order valence-corrected chi connectivity index (χ1v) is 6.06. The number of nitrogens with one attached hydrogen (secondary N) is 2. The van der Waals surface area contributed by atoms with Crippen LogP contribution in [0.3, 0.4) is 0 Å². The molecule has 1 aromatic rings. The van der Waals surface area contributed by atoms with Crippen LogP contribution in [-0.4, -0.2) is 18.5 Å². The minimum atomic E-state index is -4.41. The fourth-order valence-electron chi connectivity index (χ4n) is 1.48. The summed E-state index contributed by atoms with van der Waals surface area (Å²) >= 11 is 0. The molecule has 1 aromatic carbocycles. The first-order chi connectivity index (χ1) is 8.84. The van der Waals surface area contributed by atoms with Crippen molar-refractivity contribution in [3.8, 4) is 0 Å². The molecular formula is C13H17F3N2O. The van der Waals surface area contributed by atoms with Crippen LogP contribution < -0.4 is 10.6 Å². The molecule has 1 unspecified atom stereocenters. The van der Waals surface area contributed by atoms with E-state index in [-0.39, 0.29) is 11.6 Å². The third-order valence-electron chi connectivity index (χ3n) is 2.55. The van der Waals surface area contributed by atoms with Gasteiger partial charge in [-0.25, -0.2) is 0 Å². The van der Waals surface area contributed by atoms with Gasteiger partial charge in [0.2, 0.25) is 5.91 Å². The fraction of sp³-hybridized carbons (Fsp3) is 0.462. The number of hydrogen-bond acceptors (Lipinski definition) is 2. The Hall–Kier alpha value is -1.56. The highest BCUT2D eigenvalue weighted by atomic mass is 19.4. The number of rotatable bonds is 5. The van der Waals surface area contributed by atoms with Crippen molar-refractivity contribution in [3.63, 3.8) is 0 Å². The standard InChI is InChI=1S/C13H17F3N2O/c1-3-7-17-9(2)12(19)18-11-6-4-5-10(8-11)13(14,15)16/h4-6,8-9,17H,3,7H2,1-2H3,(H,18,19). The van der Waals surface area contributed by atoms with E-state index in [9.17, 15) is 18.0 Å². The topological polar surface area (TPSA) is 41.1 Å².